The number of nitrogens with two attached hydrogens (primary N) is 1. The summed E-state index contributed by atoms with van der Waals surface area (Å²) in [5, 5.41) is 2.83. The van der Waals surface area contributed by atoms with Gasteiger partial charge in [-0.25, -0.2) is 0 Å². The van der Waals surface area contributed by atoms with Crippen molar-refractivity contribution in [3.63, 3.8) is 0 Å². The predicted molar refractivity (Wildman–Crippen MR) is 55.9 cm³/mol. The number of anilines is 2. The van der Waals surface area contributed by atoms with Gasteiger partial charge in [-0.3, -0.25) is 10.6 Å². The van der Waals surface area contributed by atoms with E-state index >= 15 is 0 Å². The zero-order valence-electron chi connectivity index (χ0n) is 8.22. The largest absolute Gasteiger partial charge is 0.325 e. The van der Waals surface area contributed by atoms with Crippen molar-refractivity contribution in [2.75, 3.05) is 10.7 Å². The van der Waals surface area contributed by atoms with E-state index in [0.717, 1.165) is 16.9 Å². The molecule has 0 saturated heterocycles. The fourth-order valence-electron chi connectivity index (χ4n) is 1.68. The van der Waals surface area contributed by atoms with Gasteiger partial charge >= 0.3 is 0 Å². The Bertz CT molecular complexity index is 398. The van der Waals surface area contributed by atoms with Crippen LogP contribution < -0.4 is 16.6 Å². The Morgan fingerprint density at radius 3 is 2.79 bits per heavy atom. The zero-order valence-corrected chi connectivity index (χ0v) is 8.22. The fraction of sp³-hybridized carbons (Fsp3) is 0.300. The van der Waals surface area contributed by atoms with E-state index in [1.807, 2.05) is 32.0 Å². The molecule has 1 aromatic carbocycles. The van der Waals surface area contributed by atoms with Crippen LogP contribution in [0.15, 0.2) is 18.2 Å². The Balaban J connectivity index is 2.54. The first-order valence-electron chi connectivity index (χ1n) is 4.48. The third kappa shape index (κ3) is 1.08. The van der Waals surface area contributed by atoms with Gasteiger partial charge in [0.1, 0.15) is 0 Å². The number of fused-ring (bicyclic) bond motifs is 1. The van der Waals surface area contributed by atoms with Crippen LogP contribution in [-0.4, -0.2) is 5.91 Å². The number of hydrogen-bond acceptors (Lipinski definition) is 3. The minimum atomic E-state index is -0.442. The number of nitrogens with one attached hydrogen (secondary N) is 2. The molecule has 0 aliphatic carbocycles. The van der Waals surface area contributed by atoms with Gasteiger partial charge in [-0.2, -0.15) is 0 Å². The highest BCUT2D eigenvalue weighted by Crippen LogP contribution is 2.38. The molecule has 14 heavy (non-hydrogen) atoms. The molecule has 4 N–H and O–H groups in total. The molecular weight excluding hydrogens is 178 g/mol. The number of benzene rings is 1. The molecule has 2 rings (SSSR count). The highest BCUT2D eigenvalue weighted by molar-refractivity contribution is 6.06. The molecule has 74 valence electrons. The highest BCUT2D eigenvalue weighted by Gasteiger charge is 2.38. The summed E-state index contributed by atoms with van der Waals surface area (Å²) >= 11 is 0. The quantitative estimate of drug-likeness (QED) is 0.461. The minimum absolute atomic E-state index is 0.0293. The average Bonchev–Trinajstić information content (AvgIpc) is 2.38. The lowest BCUT2D eigenvalue weighted by Gasteiger charge is -2.14. The maximum atomic E-state index is 11.6. The van der Waals surface area contributed by atoms with Gasteiger partial charge in [0, 0.05) is 5.69 Å². The molecule has 0 atom stereocenters. The van der Waals surface area contributed by atoms with Crippen LogP contribution in [0.4, 0.5) is 11.4 Å². The van der Waals surface area contributed by atoms with Gasteiger partial charge in [0.2, 0.25) is 5.91 Å². The maximum absolute atomic E-state index is 11.6. The van der Waals surface area contributed by atoms with Gasteiger partial charge in [0.15, 0.2) is 0 Å². The Kier molecular flexibility index (Phi) is 1.75. The molecule has 0 spiro atoms. The van der Waals surface area contributed by atoms with Crippen molar-refractivity contribution in [1.29, 1.82) is 0 Å². The van der Waals surface area contributed by atoms with Crippen molar-refractivity contribution in [1.82, 2.24) is 0 Å². The van der Waals surface area contributed by atoms with Gasteiger partial charge in [0.25, 0.3) is 0 Å². The molecule has 4 nitrogen and oxygen atoms in total. The summed E-state index contributed by atoms with van der Waals surface area (Å²) in [6.07, 6.45) is 0. The monoisotopic (exact) mass is 191 g/mol. The van der Waals surface area contributed by atoms with Crippen LogP contribution in [0.25, 0.3) is 0 Å². The van der Waals surface area contributed by atoms with Crippen LogP contribution in [0.2, 0.25) is 0 Å². The second-order valence-electron chi connectivity index (χ2n) is 3.98. The molecule has 0 fully saturated rings. The third-order valence-corrected chi connectivity index (χ3v) is 2.68. The van der Waals surface area contributed by atoms with Gasteiger partial charge in [0.05, 0.1) is 11.1 Å². The van der Waals surface area contributed by atoms with E-state index in [-0.39, 0.29) is 5.91 Å². The number of amides is 1. The van der Waals surface area contributed by atoms with E-state index in [1.54, 1.807) is 0 Å². The van der Waals surface area contributed by atoms with Crippen molar-refractivity contribution in [2.45, 2.75) is 19.3 Å². The summed E-state index contributed by atoms with van der Waals surface area (Å²) in [5.41, 5.74) is 4.76. The Hall–Kier alpha value is -1.55. The maximum Gasteiger partial charge on any atom is 0.234 e. The fourth-order valence-corrected chi connectivity index (χ4v) is 1.68. The summed E-state index contributed by atoms with van der Waals surface area (Å²) in [7, 11) is 0. The van der Waals surface area contributed by atoms with E-state index in [2.05, 4.69) is 10.7 Å². The molecule has 1 aliphatic rings. The predicted octanol–water partition coefficient (Wildman–Crippen LogP) is 1.20. The van der Waals surface area contributed by atoms with Crippen molar-refractivity contribution in [3.05, 3.63) is 23.8 Å². The van der Waals surface area contributed by atoms with Crippen LogP contribution in [0.3, 0.4) is 0 Å². The Morgan fingerprint density at radius 1 is 1.43 bits per heavy atom. The van der Waals surface area contributed by atoms with Crippen LogP contribution in [0.5, 0.6) is 0 Å². The Morgan fingerprint density at radius 2 is 2.14 bits per heavy atom. The molecule has 1 aliphatic heterocycles. The molecule has 4 heteroatoms. The number of rotatable bonds is 1. The highest BCUT2D eigenvalue weighted by atomic mass is 16.2. The topological polar surface area (TPSA) is 67.2 Å². The van der Waals surface area contributed by atoms with E-state index in [1.165, 1.54) is 0 Å². The van der Waals surface area contributed by atoms with Crippen molar-refractivity contribution in [3.8, 4) is 0 Å². The molecular formula is C10H13N3O. The lowest BCUT2D eigenvalue weighted by atomic mass is 9.86. The van der Waals surface area contributed by atoms with Crippen LogP contribution in [0, 0.1) is 0 Å². The third-order valence-electron chi connectivity index (χ3n) is 2.68. The lowest BCUT2D eigenvalue weighted by Crippen LogP contribution is -2.26. The first kappa shape index (κ1) is 9.02. The molecule has 1 heterocycles. The van der Waals surface area contributed by atoms with Crippen molar-refractivity contribution in [2.24, 2.45) is 5.84 Å². The second-order valence-corrected chi connectivity index (χ2v) is 3.98. The lowest BCUT2D eigenvalue weighted by molar-refractivity contribution is -0.119. The van der Waals surface area contributed by atoms with E-state index in [9.17, 15) is 4.79 Å². The number of carbonyl (C=O) groups is 1. The van der Waals surface area contributed by atoms with E-state index < -0.39 is 5.41 Å². The first-order valence-corrected chi connectivity index (χ1v) is 4.48. The van der Waals surface area contributed by atoms with Gasteiger partial charge in [-0.1, -0.05) is 6.07 Å². The summed E-state index contributed by atoms with van der Waals surface area (Å²) in [6, 6.07) is 5.62. The minimum Gasteiger partial charge on any atom is -0.325 e. The van der Waals surface area contributed by atoms with Crippen LogP contribution in [0.1, 0.15) is 19.4 Å². The molecule has 0 saturated carbocycles. The van der Waals surface area contributed by atoms with Crippen molar-refractivity contribution >= 4 is 17.3 Å². The van der Waals surface area contributed by atoms with E-state index in [4.69, 9.17) is 5.84 Å². The van der Waals surface area contributed by atoms with Crippen LogP contribution in [-0.2, 0) is 10.2 Å². The SMILES string of the molecule is CC1(C)C(=O)Nc2cc(NN)ccc21. The molecule has 1 aromatic rings. The molecule has 1 amide bonds. The van der Waals surface area contributed by atoms with E-state index in [0.29, 0.717) is 0 Å². The summed E-state index contributed by atoms with van der Waals surface area (Å²) in [6.45, 7) is 3.81. The summed E-state index contributed by atoms with van der Waals surface area (Å²) in [5.74, 6) is 5.31. The standard InChI is InChI=1S/C10H13N3O/c1-10(2)7-4-3-6(13-11)5-8(7)12-9(10)14/h3-5,13H,11H2,1-2H3,(H,12,14). The number of hydrazine groups is 1. The number of nitrogen functional groups attached to an aromatic ring is 1. The summed E-state index contributed by atoms with van der Waals surface area (Å²) in [4.78, 5) is 11.6. The summed E-state index contributed by atoms with van der Waals surface area (Å²) < 4.78 is 0. The second kappa shape index (κ2) is 2.72. The van der Waals surface area contributed by atoms with Gasteiger partial charge in [-0.15, -0.1) is 0 Å². The Labute approximate surface area is 82.5 Å². The average molecular weight is 191 g/mol. The molecule has 0 radical (unpaired) electrons. The molecule has 0 unspecified atom stereocenters. The zero-order chi connectivity index (χ0) is 10.3. The molecule has 0 aromatic heterocycles. The van der Waals surface area contributed by atoms with Crippen LogP contribution >= 0.6 is 0 Å². The van der Waals surface area contributed by atoms with Crippen molar-refractivity contribution < 1.29 is 4.79 Å². The smallest absolute Gasteiger partial charge is 0.234 e. The number of hydrogen-bond donors (Lipinski definition) is 3. The van der Waals surface area contributed by atoms with Gasteiger partial charge in [-0.05, 0) is 31.5 Å². The normalized spacial score (nSPS) is 17.5. The van der Waals surface area contributed by atoms with Gasteiger partial charge < -0.3 is 10.7 Å². The first-order chi connectivity index (χ1) is 6.55. The molecule has 0 bridgehead atoms. The number of carbonyl (C=O) groups excluding carboxylic acids is 1.